The van der Waals surface area contributed by atoms with Crippen molar-refractivity contribution in [2.45, 2.75) is 46.3 Å². The fraction of sp³-hybridized carbons (Fsp3) is 0.533. The summed E-state index contributed by atoms with van der Waals surface area (Å²) in [7, 11) is 0. The first-order valence-electron chi connectivity index (χ1n) is 6.82. The third-order valence-corrected chi connectivity index (χ3v) is 2.65. The van der Waals surface area contributed by atoms with Crippen molar-refractivity contribution in [1.82, 2.24) is 10.3 Å². The molecular weight excluding hydrogens is 272 g/mol. The standard InChI is InChI=1S/C15H22N2O4/c1-9(2)12(14(20)21-15(3,4)5)17-13(19)10-6-7-16-11(18)8-10/h6-9,12H,1-5H3,(H,16,18)(H,17,19)/t12-/m0/s1. The van der Waals surface area contributed by atoms with E-state index in [1.165, 1.54) is 18.3 Å². The van der Waals surface area contributed by atoms with E-state index in [9.17, 15) is 14.4 Å². The van der Waals surface area contributed by atoms with Gasteiger partial charge in [0.15, 0.2) is 0 Å². The zero-order chi connectivity index (χ0) is 16.2. The summed E-state index contributed by atoms with van der Waals surface area (Å²) in [4.78, 5) is 37.9. The van der Waals surface area contributed by atoms with Gasteiger partial charge >= 0.3 is 5.97 Å². The molecule has 6 nitrogen and oxygen atoms in total. The second-order valence-electron chi connectivity index (χ2n) is 6.17. The zero-order valence-corrected chi connectivity index (χ0v) is 13.0. The van der Waals surface area contributed by atoms with Gasteiger partial charge in [-0.3, -0.25) is 9.59 Å². The van der Waals surface area contributed by atoms with Crippen LogP contribution in [0.5, 0.6) is 0 Å². The minimum atomic E-state index is -0.768. The van der Waals surface area contributed by atoms with Gasteiger partial charge in [0.25, 0.3) is 5.91 Å². The number of aromatic amines is 1. The molecule has 0 aliphatic heterocycles. The molecule has 116 valence electrons. The van der Waals surface area contributed by atoms with Crippen molar-refractivity contribution < 1.29 is 14.3 Å². The number of amides is 1. The van der Waals surface area contributed by atoms with Gasteiger partial charge in [0.2, 0.25) is 5.56 Å². The van der Waals surface area contributed by atoms with Crippen LogP contribution in [0.2, 0.25) is 0 Å². The van der Waals surface area contributed by atoms with Crippen molar-refractivity contribution in [3.05, 3.63) is 34.2 Å². The number of aromatic nitrogens is 1. The highest BCUT2D eigenvalue weighted by Crippen LogP contribution is 2.12. The summed E-state index contributed by atoms with van der Waals surface area (Å²) in [5.74, 6) is -1.10. The molecule has 1 heterocycles. The lowest BCUT2D eigenvalue weighted by Crippen LogP contribution is -2.47. The maximum absolute atomic E-state index is 12.1. The second kappa shape index (κ2) is 6.56. The monoisotopic (exact) mass is 294 g/mol. The number of hydrogen-bond donors (Lipinski definition) is 2. The van der Waals surface area contributed by atoms with Crippen LogP contribution in [-0.2, 0) is 9.53 Å². The maximum Gasteiger partial charge on any atom is 0.329 e. The molecule has 0 saturated heterocycles. The largest absolute Gasteiger partial charge is 0.458 e. The van der Waals surface area contributed by atoms with Gasteiger partial charge in [-0.15, -0.1) is 0 Å². The average molecular weight is 294 g/mol. The molecule has 0 aliphatic carbocycles. The fourth-order valence-corrected chi connectivity index (χ4v) is 1.67. The van der Waals surface area contributed by atoms with Crippen LogP contribution in [0.4, 0.5) is 0 Å². The molecule has 0 radical (unpaired) electrons. The minimum absolute atomic E-state index is 0.134. The van der Waals surface area contributed by atoms with Crippen molar-refractivity contribution in [2.24, 2.45) is 5.92 Å². The summed E-state index contributed by atoms with van der Waals surface area (Å²) < 4.78 is 5.30. The van der Waals surface area contributed by atoms with Crippen LogP contribution in [-0.4, -0.2) is 28.5 Å². The number of rotatable bonds is 4. The molecule has 1 amide bonds. The topological polar surface area (TPSA) is 88.3 Å². The summed E-state index contributed by atoms with van der Waals surface area (Å²) in [6.07, 6.45) is 1.38. The van der Waals surface area contributed by atoms with Gasteiger partial charge in [0.05, 0.1) is 0 Å². The molecule has 0 bridgehead atoms. The van der Waals surface area contributed by atoms with Gasteiger partial charge in [-0.05, 0) is 32.8 Å². The summed E-state index contributed by atoms with van der Waals surface area (Å²) >= 11 is 0. The number of carbonyl (C=O) groups is 2. The molecule has 2 N–H and O–H groups in total. The van der Waals surface area contributed by atoms with E-state index >= 15 is 0 Å². The van der Waals surface area contributed by atoms with Gasteiger partial charge in [-0.1, -0.05) is 13.8 Å². The number of esters is 1. The summed E-state index contributed by atoms with van der Waals surface area (Å²) in [5.41, 5.74) is -0.798. The Morgan fingerprint density at radius 1 is 1.29 bits per heavy atom. The SMILES string of the molecule is CC(C)[C@H](NC(=O)c1cc[nH]c(=O)c1)C(=O)OC(C)(C)C. The van der Waals surface area contributed by atoms with Crippen LogP contribution in [0, 0.1) is 5.92 Å². The second-order valence-corrected chi connectivity index (χ2v) is 6.17. The maximum atomic E-state index is 12.1. The van der Waals surface area contributed by atoms with E-state index < -0.39 is 23.5 Å². The van der Waals surface area contributed by atoms with Crippen molar-refractivity contribution in [3.63, 3.8) is 0 Å². The number of nitrogens with one attached hydrogen (secondary N) is 2. The van der Waals surface area contributed by atoms with Gasteiger partial charge in [-0.2, -0.15) is 0 Å². The van der Waals surface area contributed by atoms with Crippen molar-refractivity contribution >= 4 is 11.9 Å². The van der Waals surface area contributed by atoms with Crippen LogP contribution in [0.25, 0.3) is 0 Å². The number of carbonyl (C=O) groups excluding carboxylic acids is 2. The Hall–Kier alpha value is -2.11. The first-order chi connectivity index (χ1) is 9.60. The average Bonchev–Trinajstić information content (AvgIpc) is 2.32. The Kier molecular flexibility index (Phi) is 5.29. The van der Waals surface area contributed by atoms with Crippen molar-refractivity contribution in [2.75, 3.05) is 0 Å². The zero-order valence-electron chi connectivity index (χ0n) is 13.0. The molecule has 0 aromatic carbocycles. The minimum Gasteiger partial charge on any atom is -0.458 e. The highest BCUT2D eigenvalue weighted by atomic mass is 16.6. The third-order valence-electron chi connectivity index (χ3n) is 2.65. The van der Waals surface area contributed by atoms with E-state index in [1.54, 1.807) is 20.8 Å². The Balaban J connectivity index is 2.86. The predicted molar refractivity (Wildman–Crippen MR) is 79.0 cm³/mol. The van der Waals surface area contributed by atoms with Crippen LogP contribution in [0.15, 0.2) is 23.1 Å². The van der Waals surface area contributed by atoms with Gasteiger partial charge < -0.3 is 15.0 Å². The lowest BCUT2D eigenvalue weighted by atomic mass is 10.0. The predicted octanol–water partition coefficient (Wildman–Crippen LogP) is 1.47. The Morgan fingerprint density at radius 2 is 1.90 bits per heavy atom. The lowest BCUT2D eigenvalue weighted by molar-refractivity contribution is -0.158. The van der Waals surface area contributed by atoms with E-state index in [4.69, 9.17) is 4.74 Å². The molecule has 0 saturated carbocycles. The Morgan fingerprint density at radius 3 is 2.38 bits per heavy atom. The van der Waals surface area contributed by atoms with E-state index in [0.29, 0.717) is 0 Å². The molecule has 1 aromatic heterocycles. The van der Waals surface area contributed by atoms with E-state index in [-0.39, 0.29) is 17.0 Å². The molecular formula is C15H22N2O4. The lowest BCUT2D eigenvalue weighted by Gasteiger charge is -2.26. The normalized spacial score (nSPS) is 12.9. The molecule has 0 aliphatic rings. The molecule has 1 atom stereocenters. The number of H-pyrrole nitrogens is 1. The quantitative estimate of drug-likeness (QED) is 0.823. The highest BCUT2D eigenvalue weighted by Gasteiger charge is 2.29. The molecule has 0 unspecified atom stereocenters. The van der Waals surface area contributed by atoms with E-state index in [2.05, 4.69) is 10.3 Å². The number of ether oxygens (including phenoxy) is 1. The van der Waals surface area contributed by atoms with E-state index in [0.717, 1.165) is 0 Å². The van der Waals surface area contributed by atoms with Crippen LogP contribution in [0.3, 0.4) is 0 Å². The Bertz CT molecular complexity index is 570. The van der Waals surface area contributed by atoms with Gasteiger partial charge in [-0.25, -0.2) is 4.79 Å². The molecule has 6 heteroatoms. The highest BCUT2D eigenvalue weighted by molar-refractivity contribution is 5.96. The van der Waals surface area contributed by atoms with Gasteiger partial charge in [0, 0.05) is 17.8 Å². The summed E-state index contributed by atoms with van der Waals surface area (Å²) in [5, 5.41) is 2.62. The number of pyridine rings is 1. The third kappa shape index (κ3) is 5.41. The van der Waals surface area contributed by atoms with Gasteiger partial charge in [0.1, 0.15) is 11.6 Å². The molecule has 1 rings (SSSR count). The van der Waals surface area contributed by atoms with Crippen molar-refractivity contribution in [1.29, 1.82) is 0 Å². The summed E-state index contributed by atoms with van der Waals surface area (Å²) in [6.45, 7) is 8.92. The van der Waals surface area contributed by atoms with Crippen LogP contribution < -0.4 is 10.9 Å². The first-order valence-corrected chi connectivity index (χ1v) is 6.82. The molecule has 0 spiro atoms. The molecule has 0 fully saturated rings. The summed E-state index contributed by atoms with van der Waals surface area (Å²) in [6, 6.07) is 1.89. The van der Waals surface area contributed by atoms with Crippen LogP contribution in [0.1, 0.15) is 45.0 Å². The van der Waals surface area contributed by atoms with E-state index in [1.807, 2.05) is 13.8 Å². The number of hydrogen-bond acceptors (Lipinski definition) is 4. The Labute approximate surface area is 123 Å². The van der Waals surface area contributed by atoms with Crippen LogP contribution >= 0.6 is 0 Å². The first kappa shape index (κ1) is 16.9. The molecule has 21 heavy (non-hydrogen) atoms. The van der Waals surface area contributed by atoms with Crippen molar-refractivity contribution in [3.8, 4) is 0 Å². The fourth-order valence-electron chi connectivity index (χ4n) is 1.67. The molecule has 1 aromatic rings. The smallest absolute Gasteiger partial charge is 0.329 e.